The lowest BCUT2D eigenvalue weighted by Crippen LogP contribution is -1.75. The van der Waals surface area contributed by atoms with E-state index in [2.05, 4.69) is 48.7 Å². The number of rotatable bonds is 0. The van der Waals surface area contributed by atoms with Crippen molar-refractivity contribution < 1.29 is 0 Å². The van der Waals surface area contributed by atoms with Gasteiger partial charge in [0.2, 0.25) is 0 Å². The van der Waals surface area contributed by atoms with Gasteiger partial charge in [-0.1, -0.05) is 29.8 Å². The van der Waals surface area contributed by atoms with Crippen molar-refractivity contribution in [1.82, 2.24) is 0 Å². The first kappa shape index (κ1) is 8.01. The Morgan fingerprint density at radius 3 is 2.79 bits per heavy atom. The molecule has 0 bridgehead atoms. The number of thiophene rings is 1. The van der Waals surface area contributed by atoms with E-state index in [0.29, 0.717) is 0 Å². The molecule has 0 atom stereocenters. The SMILES string of the molecule is Cc1ccc2c(ccc3sccc32)c1. The predicted octanol–water partition coefficient (Wildman–Crippen LogP) is 4.36. The normalized spacial score (nSPS) is 11.2. The molecule has 3 rings (SSSR count). The molecule has 0 saturated heterocycles. The molecule has 0 spiro atoms. The lowest BCUT2D eigenvalue weighted by atomic mass is 10.1. The van der Waals surface area contributed by atoms with Crippen molar-refractivity contribution in [2.45, 2.75) is 6.92 Å². The van der Waals surface area contributed by atoms with Crippen LogP contribution in [0.25, 0.3) is 20.9 Å². The van der Waals surface area contributed by atoms with Crippen LogP contribution in [0.2, 0.25) is 0 Å². The fourth-order valence-electron chi connectivity index (χ4n) is 1.90. The van der Waals surface area contributed by atoms with E-state index < -0.39 is 0 Å². The zero-order chi connectivity index (χ0) is 9.54. The topological polar surface area (TPSA) is 0 Å². The second kappa shape index (κ2) is 2.82. The standard InChI is InChI=1S/C13H10S/c1-9-2-4-11-10(8-9)3-5-13-12(11)6-7-14-13/h2-8H,1H3. The van der Waals surface area contributed by atoms with Gasteiger partial charge in [-0.25, -0.2) is 0 Å². The van der Waals surface area contributed by atoms with Crippen LogP contribution in [-0.4, -0.2) is 0 Å². The molecule has 0 N–H and O–H groups in total. The maximum absolute atomic E-state index is 2.24. The molecule has 0 fully saturated rings. The number of hydrogen-bond donors (Lipinski definition) is 0. The first-order valence-corrected chi connectivity index (χ1v) is 5.59. The van der Waals surface area contributed by atoms with Crippen molar-refractivity contribution in [3.63, 3.8) is 0 Å². The Balaban J connectivity index is 2.57. The van der Waals surface area contributed by atoms with Crippen LogP contribution in [0.15, 0.2) is 41.8 Å². The Morgan fingerprint density at radius 2 is 1.86 bits per heavy atom. The van der Waals surface area contributed by atoms with Crippen LogP contribution in [0, 0.1) is 6.92 Å². The molecule has 1 heterocycles. The molecule has 0 aliphatic carbocycles. The van der Waals surface area contributed by atoms with Gasteiger partial charge in [0.15, 0.2) is 0 Å². The van der Waals surface area contributed by atoms with Crippen LogP contribution in [0.5, 0.6) is 0 Å². The van der Waals surface area contributed by atoms with Gasteiger partial charge in [-0.05, 0) is 35.2 Å². The van der Waals surface area contributed by atoms with E-state index in [4.69, 9.17) is 0 Å². The lowest BCUT2D eigenvalue weighted by molar-refractivity contribution is 1.51. The van der Waals surface area contributed by atoms with Crippen molar-refractivity contribution in [1.29, 1.82) is 0 Å². The second-order valence-electron chi connectivity index (χ2n) is 3.62. The molecule has 0 aliphatic heterocycles. The summed E-state index contributed by atoms with van der Waals surface area (Å²) in [7, 11) is 0. The van der Waals surface area contributed by atoms with E-state index >= 15 is 0 Å². The monoisotopic (exact) mass is 198 g/mol. The third-order valence-corrected chi connectivity index (χ3v) is 3.49. The molecule has 0 amide bonds. The smallest absolute Gasteiger partial charge is 0.0349 e. The van der Waals surface area contributed by atoms with Crippen molar-refractivity contribution in [3.8, 4) is 0 Å². The van der Waals surface area contributed by atoms with E-state index in [0.717, 1.165) is 0 Å². The summed E-state index contributed by atoms with van der Waals surface area (Å²) in [4.78, 5) is 0. The maximum Gasteiger partial charge on any atom is 0.0349 e. The van der Waals surface area contributed by atoms with Gasteiger partial charge in [0.1, 0.15) is 0 Å². The highest BCUT2D eigenvalue weighted by Crippen LogP contribution is 2.29. The first-order chi connectivity index (χ1) is 6.84. The minimum atomic E-state index is 1.33. The van der Waals surface area contributed by atoms with Crippen molar-refractivity contribution in [2.24, 2.45) is 0 Å². The first-order valence-electron chi connectivity index (χ1n) is 4.71. The van der Waals surface area contributed by atoms with E-state index in [9.17, 15) is 0 Å². The third-order valence-electron chi connectivity index (χ3n) is 2.61. The van der Waals surface area contributed by atoms with E-state index in [-0.39, 0.29) is 0 Å². The summed E-state index contributed by atoms with van der Waals surface area (Å²) in [5.41, 5.74) is 1.33. The molecule has 1 aromatic heterocycles. The summed E-state index contributed by atoms with van der Waals surface area (Å²) in [6.07, 6.45) is 0. The molecule has 0 radical (unpaired) electrons. The Morgan fingerprint density at radius 1 is 0.929 bits per heavy atom. The molecule has 0 saturated carbocycles. The molecule has 68 valence electrons. The number of benzene rings is 2. The highest BCUT2D eigenvalue weighted by molar-refractivity contribution is 7.17. The van der Waals surface area contributed by atoms with Gasteiger partial charge >= 0.3 is 0 Å². The average molecular weight is 198 g/mol. The van der Waals surface area contributed by atoms with Crippen LogP contribution in [0.4, 0.5) is 0 Å². The van der Waals surface area contributed by atoms with Crippen LogP contribution < -0.4 is 0 Å². The summed E-state index contributed by atoms with van der Waals surface area (Å²) >= 11 is 1.81. The molecule has 3 aromatic rings. The largest absolute Gasteiger partial charge is 0.144 e. The fraction of sp³-hybridized carbons (Fsp3) is 0.0769. The van der Waals surface area contributed by atoms with Gasteiger partial charge in [0, 0.05) is 10.1 Å². The van der Waals surface area contributed by atoms with E-state index in [1.54, 1.807) is 11.3 Å². The van der Waals surface area contributed by atoms with Crippen LogP contribution in [0.1, 0.15) is 5.56 Å². The van der Waals surface area contributed by atoms with Crippen molar-refractivity contribution in [3.05, 3.63) is 47.3 Å². The quantitative estimate of drug-likeness (QED) is 0.503. The summed E-state index contributed by atoms with van der Waals surface area (Å²) in [5, 5.41) is 6.25. The summed E-state index contributed by atoms with van der Waals surface area (Å²) in [6.45, 7) is 2.14. The maximum atomic E-state index is 2.24. The molecule has 0 nitrogen and oxygen atoms in total. The minimum absolute atomic E-state index is 1.33. The van der Waals surface area contributed by atoms with Gasteiger partial charge in [0.05, 0.1) is 0 Å². The van der Waals surface area contributed by atoms with Crippen molar-refractivity contribution in [2.75, 3.05) is 0 Å². The Bertz CT molecular complexity index is 605. The van der Waals surface area contributed by atoms with Gasteiger partial charge < -0.3 is 0 Å². The van der Waals surface area contributed by atoms with Crippen LogP contribution >= 0.6 is 11.3 Å². The van der Waals surface area contributed by atoms with Crippen LogP contribution in [0.3, 0.4) is 0 Å². The highest BCUT2D eigenvalue weighted by Gasteiger charge is 2.00. The van der Waals surface area contributed by atoms with Gasteiger partial charge in [-0.15, -0.1) is 11.3 Å². The lowest BCUT2D eigenvalue weighted by Gasteiger charge is -2.00. The summed E-state index contributed by atoms with van der Waals surface area (Å²) < 4.78 is 1.38. The number of aryl methyl sites for hydroxylation is 1. The zero-order valence-corrected chi connectivity index (χ0v) is 8.77. The average Bonchev–Trinajstić information content (AvgIpc) is 2.65. The zero-order valence-electron chi connectivity index (χ0n) is 7.95. The van der Waals surface area contributed by atoms with Gasteiger partial charge in [-0.2, -0.15) is 0 Å². The Hall–Kier alpha value is -1.34. The molecule has 14 heavy (non-hydrogen) atoms. The third kappa shape index (κ3) is 1.06. The van der Waals surface area contributed by atoms with Crippen molar-refractivity contribution >= 4 is 32.2 Å². The molecule has 0 aliphatic rings. The summed E-state index contributed by atoms with van der Waals surface area (Å²) in [5.74, 6) is 0. The molecule has 1 heteroatoms. The Kier molecular flexibility index (Phi) is 1.62. The fourth-order valence-corrected chi connectivity index (χ4v) is 2.71. The predicted molar refractivity (Wildman–Crippen MR) is 64.1 cm³/mol. The van der Waals surface area contributed by atoms with E-state index in [1.165, 1.54) is 26.4 Å². The van der Waals surface area contributed by atoms with Crippen LogP contribution in [-0.2, 0) is 0 Å². The molecule has 0 unspecified atom stereocenters. The highest BCUT2D eigenvalue weighted by atomic mass is 32.1. The molecule has 2 aromatic carbocycles. The minimum Gasteiger partial charge on any atom is -0.144 e. The second-order valence-corrected chi connectivity index (χ2v) is 4.57. The molecular weight excluding hydrogens is 188 g/mol. The summed E-state index contributed by atoms with van der Waals surface area (Å²) in [6, 6.07) is 13.3. The van der Waals surface area contributed by atoms with Gasteiger partial charge in [-0.3, -0.25) is 0 Å². The van der Waals surface area contributed by atoms with Gasteiger partial charge in [0.25, 0.3) is 0 Å². The molecular formula is C13H10S. The number of hydrogen-bond acceptors (Lipinski definition) is 1. The Labute approximate surface area is 86.8 Å². The number of fused-ring (bicyclic) bond motifs is 3. The van der Waals surface area contributed by atoms with E-state index in [1.807, 2.05) is 0 Å².